The molecule has 3 rings (SSSR count). The molecule has 2 heterocycles. The summed E-state index contributed by atoms with van der Waals surface area (Å²) in [7, 11) is 1.19. The van der Waals surface area contributed by atoms with Crippen LogP contribution in [0.4, 0.5) is 20.2 Å². The molecule has 118 valence electrons. The summed E-state index contributed by atoms with van der Waals surface area (Å²) < 4.78 is 35.4. The molecule has 8 heteroatoms. The molecular formula is C15H10F2IN3O2. The lowest BCUT2D eigenvalue weighted by Crippen LogP contribution is -2.10. The zero-order valence-corrected chi connectivity index (χ0v) is 14.0. The highest BCUT2D eigenvalue weighted by Gasteiger charge is 2.21. The first kappa shape index (κ1) is 15.7. The van der Waals surface area contributed by atoms with Gasteiger partial charge in [0.1, 0.15) is 11.4 Å². The van der Waals surface area contributed by atoms with Crippen molar-refractivity contribution in [3.05, 3.63) is 57.6 Å². The summed E-state index contributed by atoms with van der Waals surface area (Å²) in [5, 5.41) is 2.63. The number of halogens is 3. The number of hydrogen-bond donors (Lipinski definition) is 1. The molecule has 0 saturated carbocycles. The molecule has 0 unspecified atom stereocenters. The molecule has 0 atom stereocenters. The molecule has 0 radical (unpaired) electrons. The Balaban J connectivity index is 2.17. The van der Waals surface area contributed by atoms with Crippen molar-refractivity contribution in [2.24, 2.45) is 0 Å². The Morgan fingerprint density at radius 1 is 1.39 bits per heavy atom. The van der Waals surface area contributed by atoms with Gasteiger partial charge >= 0.3 is 5.97 Å². The van der Waals surface area contributed by atoms with Gasteiger partial charge in [-0.1, -0.05) is 0 Å². The summed E-state index contributed by atoms with van der Waals surface area (Å²) in [6.45, 7) is 0. The maximum Gasteiger partial charge on any atom is 0.341 e. The fraction of sp³-hybridized carbons (Fsp3) is 0.0667. The maximum absolute atomic E-state index is 14.7. The van der Waals surface area contributed by atoms with Crippen LogP contribution in [0.25, 0.3) is 5.65 Å². The average molecular weight is 429 g/mol. The van der Waals surface area contributed by atoms with Gasteiger partial charge in [-0.2, -0.15) is 0 Å². The van der Waals surface area contributed by atoms with E-state index >= 15 is 0 Å². The average Bonchev–Trinajstić information content (AvgIpc) is 3.00. The van der Waals surface area contributed by atoms with E-state index in [9.17, 15) is 13.6 Å². The molecule has 0 saturated heterocycles. The quantitative estimate of drug-likeness (QED) is 0.509. The predicted molar refractivity (Wildman–Crippen MR) is 88.9 cm³/mol. The van der Waals surface area contributed by atoms with Crippen molar-refractivity contribution >= 4 is 45.6 Å². The van der Waals surface area contributed by atoms with Crippen LogP contribution < -0.4 is 5.32 Å². The number of nitrogens with one attached hydrogen (secondary N) is 1. The monoisotopic (exact) mass is 429 g/mol. The summed E-state index contributed by atoms with van der Waals surface area (Å²) >= 11 is 1.96. The molecule has 5 nitrogen and oxygen atoms in total. The third-order valence-electron chi connectivity index (χ3n) is 3.22. The van der Waals surface area contributed by atoms with Gasteiger partial charge in [0.05, 0.1) is 18.5 Å². The van der Waals surface area contributed by atoms with Gasteiger partial charge < -0.3 is 14.5 Å². The molecule has 2 aromatic heterocycles. The van der Waals surface area contributed by atoms with Crippen molar-refractivity contribution in [2.45, 2.75) is 0 Å². The first-order valence-corrected chi connectivity index (χ1v) is 7.54. The Labute approximate surface area is 143 Å². The van der Waals surface area contributed by atoms with E-state index in [2.05, 4.69) is 15.0 Å². The van der Waals surface area contributed by atoms with Crippen LogP contribution in [0.15, 0.2) is 36.8 Å². The summed E-state index contributed by atoms with van der Waals surface area (Å²) in [4.78, 5) is 15.8. The number of esters is 1. The molecule has 0 spiro atoms. The highest BCUT2D eigenvalue weighted by molar-refractivity contribution is 14.1. The number of pyridine rings is 1. The minimum atomic E-state index is -0.768. The topological polar surface area (TPSA) is 55.6 Å². The van der Waals surface area contributed by atoms with Crippen molar-refractivity contribution in [1.29, 1.82) is 0 Å². The Kier molecular flexibility index (Phi) is 4.16. The van der Waals surface area contributed by atoms with Crippen LogP contribution in [0, 0.1) is 15.2 Å². The molecule has 0 aliphatic rings. The highest BCUT2D eigenvalue weighted by Crippen LogP contribution is 2.29. The molecule has 3 aromatic rings. The molecule has 0 amide bonds. The number of rotatable bonds is 3. The first-order valence-electron chi connectivity index (χ1n) is 6.47. The number of carbonyl (C=O) groups excluding carboxylic acids is 1. The number of anilines is 2. The van der Waals surface area contributed by atoms with Gasteiger partial charge in [-0.05, 0) is 40.8 Å². The summed E-state index contributed by atoms with van der Waals surface area (Å²) in [6.07, 6.45) is 4.28. The second kappa shape index (κ2) is 6.11. The second-order valence-corrected chi connectivity index (χ2v) is 5.88. The zero-order chi connectivity index (χ0) is 16.6. The Hall–Kier alpha value is -2.23. The number of methoxy groups -OCH3 is 1. The lowest BCUT2D eigenvalue weighted by molar-refractivity contribution is 0.0601. The molecule has 0 aliphatic carbocycles. The molecular weight excluding hydrogens is 419 g/mol. The second-order valence-electron chi connectivity index (χ2n) is 4.63. The Morgan fingerprint density at radius 2 is 2.17 bits per heavy atom. The number of ether oxygens (including phenoxy) is 1. The van der Waals surface area contributed by atoms with Gasteiger partial charge in [-0.3, -0.25) is 0 Å². The number of aromatic nitrogens is 2. The number of benzene rings is 1. The number of hydrogen-bond acceptors (Lipinski definition) is 4. The van der Waals surface area contributed by atoms with Crippen LogP contribution in [0.2, 0.25) is 0 Å². The van der Waals surface area contributed by atoms with Crippen molar-refractivity contribution in [3.8, 4) is 0 Å². The van der Waals surface area contributed by atoms with E-state index in [0.29, 0.717) is 3.57 Å². The lowest BCUT2D eigenvalue weighted by atomic mass is 10.2. The van der Waals surface area contributed by atoms with Crippen LogP contribution in [-0.4, -0.2) is 22.5 Å². The maximum atomic E-state index is 14.7. The minimum absolute atomic E-state index is 0.0195. The van der Waals surface area contributed by atoms with E-state index in [0.717, 1.165) is 0 Å². The van der Waals surface area contributed by atoms with Crippen LogP contribution in [0.3, 0.4) is 0 Å². The van der Waals surface area contributed by atoms with Gasteiger partial charge in [0.2, 0.25) is 0 Å². The number of imidazole rings is 1. The van der Waals surface area contributed by atoms with Crippen molar-refractivity contribution in [3.63, 3.8) is 0 Å². The fourth-order valence-corrected chi connectivity index (χ4v) is 2.59. The van der Waals surface area contributed by atoms with Crippen LogP contribution in [-0.2, 0) is 4.74 Å². The molecule has 1 aromatic carbocycles. The van der Waals surface area contributed by atoms with Crippen LogP contribution in [0.1, 0.15) is 10.4 Å². The van der Waals surface area contributed by atoms with Gasteiger partial charge in [0, 0.05) is 22.2 Å². The molecule has 0 aliphatic heterocycles. The highest BCUT2D eigenvalue weighted by atomic mass is 127. The normalized spacial score (nSPS) is 10.8. The van der Waals surface area contributed by atoms with E-state index in [4.69, 9.17) is 0 Å². The number of nitrogens with zero attached hydrogens (tertiary/aromatic N) is 2. The number of fused-ring (bicyclic) bond motifs is 1. The van der Waals surface area contributed by atoms with Gasteiger partial charge in [0.15, 0.2) is 11.5 Å². The smallest absolute Gasteiger partial charge is 0.341 e. The van der Waals surface area contributed by atoms with E-state index in [1.165, 1.54) is 42.2 Å². The van der Waals surface area contributed by atoms with Gasteiger partial charge in [-0.15, -0.1) is 0 Å². The largest absolute Gasteiger partial charge is 0.465 e. The Morgan fingerprint density at radius 3 is 2.87 bits per heavy atom. The molecule has 0 bridgehead atoms. The first-order chi connectivity index (χ1) is 11.0. The molecule has 23 heavy (non-hydrogen) atoms. The SMILES string of the molecule is COC(=O)c1cn2ccnc2c(F)c1Nc1ccc(I)cc1F. The fourth-order valence-electron chi connectivity index (χ4n) is 2.13. The van der Waals surface area contributed by atoms with E-state index in [1.807, 2.05) is 22.6 Å². The lowest BCUT2D eigenvalue weighted by Gasteiger charge is -2.13. The van der Waals surface area contributed by atoms with Crippen LogP contribution in [0.5, 0.6) is 0 Å². The van der Waals surface area contributed by atoms with Crippen LogP contribution >= 0.6 is 22.6 Å². The standard InChI is InChI=1S/C15H10F2IN3O2/c1-23-15(22)9-7-21-5-4-19-14(21)12(17)13(9)20-11-3-2-8(18)6-10(11)16/h2-7,20H,1H3. The van der Waals surface area contributed by atoms with E-state index in [-0.39, 0.29) is 22.6 Å². The third-order valence-corrected chi connectivity index (χ3v) is 3.89. The van der Waals surface area contributed by atoms with E-state index in [1.54, 1.807) is 6.07 Å². The van der Waals surface area contributed by atoms with Crippen molar-refractivity contribution < 1.29 is 18.3 Å². The van der Waals surface area contributed by atoms with Crippen molar-refractivity contribution in [1.82, 2.24) is 9.38 Å². The summed E-state index contributed by atoms with van der Waals surface area (Å²) in [5.41, 5.74) is -0.180. The third kappa shape index (κ3) is 2.85. The zero-order valence-electron chi connectivity index (χ0n) is 11.8. The Bertz CT molecular complexity index is 911. The van der Waals surface area contributed by atoms with E-state index < -0.39 is 17.6 Å². The van der Waals surface area contributed by atoms with Crippen molar-refractivity contribution in [2.75, 3.05) is 12.4 Å². The summed E-state index contributed by atoms with van der Waals surface area (Å²) in [6, 6.07) is 4.43. The van der Waals surface area contributed by atoms with Gasteiger partial charge in [-0.25, -0.2) is 18.6 Å². The van der Waals surface area contributed by atoms with Gasteiger partial charge in [0.25, 0.3) is 0 Å². The summed E-state index contributed by atoms with van der Waals surface area (Å²) in [5.74, 6) is -2.07. The number of carbonyl (C=O) groups is 1. The predicted octanol–water partition coefficient (Wildman–Crippen LogP) is 3.75. The molecule has 1 N–H and O–H groups in total. The minimum Gasteiger partial charge on any atom is -0.465 e. The molecule has 0 fully saturated rings.